The van der Waals surface area contributed by atoms with E-state index < -0.39 is 0 Å². The summed E-state index contributed by atoms with van der Waals surface area (Å²) in [5, 5.41) is 7.29. The average Bonchev–Trinajstić information content (AvgIpc) is 2.19. The lowest BCUT2D eigenvalue weighted by molar-refractivity contribution is 0.411. The van der Waals surface area contributed by atoms with Gasteiger partial charge in [0.25, 0.3) is 0 Å². The molecule has 0 unspecified atom stereocenters. The highest BCUT2D eigenvalue weighted by Crippen LogP contribution is 2.25. The second-order valence-corrected chi connectivity index (χ2v) is 4.41. The van der Waals surface area contributed by atoms with Crippen LogP contribution in [0.1, 0.15) is 16.7 Å². The topological polar surface area (TPSA) is 59.1 Å². The van der Waals surface area contributed by atoms with E-state index in [4.69, 9.17) is 15.9 Å². The molecule has 0 radical (unpaired) electrons. The van der Waals surface area contributed by atoms with Crippen molar-refractivity contribution in [2.75, 3.05) is 7.11 Å². The van der Waals surface area contributed by atoms with E-state index in [1.54, 1.807) is 7.11 Å². The standard InChI is InChI=1S/C11H16N2OS.ClH/c1-7-4-9(6-15-11(12)13)5-10(14-3)8(7)2;/h4-5H,6H2,1-3H3,(H3,12,13);1H. The smallest absolute Gasteiger partial charge is 0.151 e. The van der Waals surface area contributed by atoms with Crippen molar-refractivity contribution >= 4 is 29.3 Å². The molecule has 3 N–H and O–H groups in total. The van der Waals surface area contributed by atoms with Crippen molar-refractivity contribution in [1.82, 2.24) is 0 Å². The van der Waals surface area contributed by atoms with Gasteiger partial charge < -0.3 is 10.5 Å². The van der Waals surface area contributed by atoms with Gasteiger partial charge in [-0.05, 0) is 36.6 Å². The minimum atomic E-state index is 0. The lowest BCUT2D eigenvalue weighted by Gasteiger charge is -2.10. The fraction of sp³-hybridized carbons (Fsp3) is 0.364. The molecule has 3 nitrogen and oxygen atoms in total. The molecule has 1 rings (SSSR count). The predicted octanol–water partition coefficient (Wildman–Crippen LogP) is 2.86. The van der Waals surface area contributed by atoms with Crippen LogP contribution in [-0.4, -0.2) is 12.3 Å². The summed E-state index contributed by atoms with van der Waals surface area (Å²) >= 11 is 1.32. The number of ether oxygens (including phenoxy) is 1. The van der Waals surface area contributed by atoms with Gasteiger partial charge in [-0.15, -0.1) is 12.4 Å². The van der Waals surface area contributed by atoms with Gasteiger partial charge in [0.05, 0.1) is 7.11 Å². The van der Waals surface area contributed by atoms with Crippen LogP contribution in [0.3, 0.4) is 0 Å². The number of methoxy groups -OCH3 is 1. The molecule has 90 valence electrons. The zero-order chi connectivity index (χ0) is 11.4. The Morgan fingerprint density at radius 1 is 1.44 bits per heavy atom. The summed E-state index contributed by atoms with van der Waals surface area (Å²) in [6, 6.07) is 4.10. The molecule has 0 aliphatic heterocycles. The number of hydrogen-bond acceptors (Lipinski definition) is 3. The summed E-state index contributed by atoms with van der Waals surface area (Å²) in [6.07, 6.45) is 0. The summed E-state index contributed by atoms with van der Waals surface area (Å²) in [5.41, 5.74) is 8.79. The second kappa shape index (κ2) is 6.66. The maximum absolute atomic E-state index is 7.15. The molecular weight excluding hydrogens is 244 g/mol. The van der Waals surface area contributed by atoms with Gasteiger partial charge in [0, 0.05) is 5.75 Å². The monoisotopic (exact) mass is 260 g/mol. The maximum Gasteiger partial charge on any atom is 0.151 e. The molecule has 0 atom stereocenters. The number of halogens is 1. The number of nitrogens with one attached hydrogen (secondary N) is 1. The van der Waals surface area contributed by atoms with Crippen LogP contribution in [-0.2, 0) is 5.75 Å². The molecule has 5 heteroatoms. The van der Waals surface area contributed by atoms with Crippen LogP contribution in [0.15, 0.2) is 12.1 Å². The summed E-state index contributed by atoms with van der Waals surface area (Å²) in [5.74, 6) is 1.61. The van der Waals surface area contributed by atoms with Gasteiger partial charge in [0.1, 0.15) is 5.75 Å². The minimum Gasteiger partial charge on any atom is -0.496 e. The maximum atomic E-state index is 7.15. The summed E-state index contributed by atoms with van der Waals surface area (Å²) in [7, 11) is 1.67. The van der Waals surface area contributed by atoms with Crippen molar-refractivity contribution in [3.8, 4) is 5.75 Å². The fourth-order valence-electron chi connectivity index (χ4n) is 1.36. The first-order chi connectivity index (χ1) is 7.04. The molecule has 0 saturated heterocycles. The molecule has 0 bridgehead atoms. The van der Waals surface area contributed by atoms with Crippen LogP contribution >= 0.6 is 24.2 Å². The fourth-order valence-corrected chi connectivity index (χ4v) is 1.84. The summed E-state index contributed by atoms with van der Waals surface area (Å²) < 4.78 is 5.28. The third-order valence-electron chi connectivity index (χ3n) is 2.29. The van der Waals surface area contributed by atoms with E-state index >= 15 is 0 Å². The molecule has 0 aliphatic rings. The third-order valence-corrected chi connectivity index (χ3v) is 3.08. The molecule has 1 aromatic carbocycles. The number of benzene rings is 1. The van der Waals surface area contributed by atoms with Crippen LogP contribution in [0.5, 0.6) is 5.75 Å². The second-order valence-electron chi connectivity index (χ2n) is 3.39. The Balaban J connectivity index is 0.00000225. The largest absolute Gasteiger partial charge is 0.496 e. The molecule has 0 aliphatic carbocycles. The molecule has 16 heavy (non-hydrogen) atoms. The van der Waals surface area contributed by atoms with E-state index in [0.717, 1.165) is 16.9 Å². The highest BCUT2D eigenvalue weighted by atomic mass is 35.5. The predicted molar refractivity (Wildman–Crippen MR) is 72.9 cm³/mol. The zero-order valence-corrected chi connectivity index (χ0v) is 11.3. The number of hydrogen-bond donors (Lipinski definition) is 2. The van der Waals surface area contributed by atoms with Crippen LogP contribution in [0.25, 0.3) is 0 Å². The van der Waals surface area contributed by atoms with E-state index in [2.05, 4.69) is 13.0 Å². The van der Waals surface area contributed by atoms with Gasteiger partial charge in [0.15, 0.2) is 5.17 Å². The number of amidine groups is 1. The Morgan fingerprint density at radius 2 is 2.06 bits per heavy atom. The average molecular weight is 261 g/mol. The molecular formula is C11H17ClN2OS. The Morgan fingerprint density at radius 3 is 2.56 bits per heavy atom. The van der Waals surface area contributed by atoms with E-state index in [1.807, 2.05) is 13.0 Å². The lowest BCUT2D eigenvalue weighted by Crippen LogP contribution is -2.04. The first-order valence-electron chi connectivity index (χ1n) is 4.65. The molecule has 0 fully saturated rings. The summed E-state index contributed by atoms with van der Waals surface area (Å²) in [6.45, 7) is 4.09. The molecule has 0 saturated carbocycles. The van der Waals surface area contributed by atoms with Crippen LogP contribution in [0.2, 0.25) is 0 Å². The van der Waals surface area contributed by atoms with Crippen molar-refractivity contribution in [1.29, 1.82) is 5.41 Å². The Hall–Kier alpha value is -0.870. The van der Waals surface area contributed by atoms with Crippen molar-refractivity contribution < 1.29 is 4.74 Å². The van der Waals surface area contributed by atoms with Crippen molar-refractivity contribution in [2.24, 2.45) is 5.73 Å². The highest BCUT2D eigenvalue weighted by molar-refractivity contribution is 8.13. The number of thioether (sulfide) groups is 1. The number of nitrogens with two attached hydrogens (primary N) is 1. The molecule has 0 heterocycles. The Labute approximate surface area is 107 Å². The molecule has 0 spiro atoms. The first-order valence-corrected chi connectivity index (χ1v) is 5.64. The molecule has 0 amide bonds. The Bertz CT molecular complexity index is 382. The van der Waals surface area contributed by atoms with Gasteiger partial charge >= 0.3 is 0 Å². The van der Waals surface area contributed by atoms with Gasteiger partial charge in [0.2, 0.25) is 0 Å². The normalized spacial score (nSPS) is 9.44. The lowest BCUT2D eigenvalue weighted by atomic mass is 10.1. The first kappa shape index (κ1) is 15.1. The van der Waals surface area contributed by atoms with E-state index in [-0.39, 0.29) is 17.6 Å². The van der Waals surface area contributed by atoms with Crippen molar-refractivity contribution in [2.45, 2.75) is 19.6 Å². The van der Waals surface area contributed by atoms with Crippen LogP contribution < -0.4 is 10.5 Å². The van der Waals surface area contributed by atoms with Gasteiger partial charge in [-0.1, -0.05) is 17.8 Å². The van der Waals surface area contributed by atoms with E-state index in [0.29, 0.717) is 5.75 Å². The van der Waals surface area contributed by atoms with Gasteiger partial charge in [-0.25, -0.2) is 0 Å². The summed E-state index contributed by atoms with van der Waals surface area (Å²) in [4.78, 5) is 0. The van der Waals surface area contributed by atoms with Crippen LogP contribution in [0, 0.1) is 19.3 Å². The number of rotatable bonds is 3. The third kappa shape index (κ3) is 3.94. The van der Waals surface area contributed by atoms with Crippen molar-refractivity contribution in [3.63, 3.8) is 0 Å². The van der Waals surface area contributed by atoms with E-state index in [9.17, 15) is 0 Å². The minimum absolute atomic E-state index is 0. The molecule has 1 aromatic rings. The van der Waals surface area contributed by atoms with Gasteiger partial charge in [-0.3, -0.25) is 5.41 Å². The Kier molecular flexibility index (Phi) is 6.29. The van der Waals surface area contributed by atoms with Crippen molar-refractivity contribution in [3.05, 3.63) is 28.8 Å². The number of aryl methyl sites for hydroxylation is 1. The quantitative estimate of drug-likeness (QED) is 0.649. The zero-order valence-electron chi connectivity index (χ0n) is 9.66. The highest BCUT2D eigenvalue weighted by Gasteiger charge is 2.05. The SMILES string of the molecule is COc1cc(CSC(=N)N)cc(C)c1C.Cl. The molecule has 0 aromatic heterocycles. The van der Waals surface area contributed by atoms with E-state index in [1.165, 1.54) is 17.3 Å². The van der Waals surface area contributed by atoms with Gasteiger partial charge in [-0.2, -0.15) is 0 Å². The van der Waals surface area contributed by atoms with Crippen LogP contribution in [0.4, 0.5) is 0 Å².